The highest BCUT2D eigenvalue weighted by atomic mass is 32.1. The van der Waals surface area contributed by atoms with Crippen molar-refractivity contribution in [3.63, 3.8) is 0 Å². The van der Waals surface area contributed by atoms with Crippen LogP contribution in [0.1, 0.15) is 16.6 Å². The maximum absolute atomic E-state index is 12.2. The lowest BCUT2D eigenvalue weighted by Crippen LogP contribution is -2.49. The Morgan fingerprint density at radius 2 is 2.22 bits per heavy atom. The van der Waals surface area contributed by atoms with Crippen LogP contribution in [0.15, 0.2) is 29.3 Å². The molecule has 3 aliphatic rings. The fourth-order valence-electron chi connectivity index (χ4n) is 3.53. The standard InChI is InChI=1S/C15H12O7S/c1-15(19)9-8-6(5-20-14(9)18)12(16)21-10(8)11(15)22-13(17)7-3-2-4-23-7/h2-5,8-11,19H,1H3/t8-,9-,10+,11+,15-/m1/s1. The molecule has 7 nitrogen and oxygen atoms in total. The smallest absolute Gasteiger partial charge is 0.348 e. The molecule has 0 unspecified atom stereocenters. The van der Waals surface area contributed by atoms with Crippen molar-refractivity contribution in [3.8, 4) is 0 Å². The number of thiophene rings is 1. The molecule has 0 bridgehead atoms. The van der Waals surface area contributed by atoms with Gasteiger partial charge in [-0.25, -0.2) is 9.59 Å². The lowest BCUT2D eigenvalue weighted by Gasteiger charge is -2.32. The molecule has 5 atom stereocenters. The van der Waals surface area contributed by atoms with E-state index in [0.29, 0.717) is 4.88 Å². The molecule has 1 N–H and O–H groups in total. The Kier molecular flexibility index (Phi) is 2.91. The molecule has 120 valence electrons. The number of rotatable bonds is 2. The molecule has 0 aromatic carbocycles. The number of cyclic esters (lactones) is 1. The van der Waals surface area contributed by atoms with Crippen LogP contribution < -0.4 is 0 Å². The molecule has 3 heterocycles. The second kappa shape index (κ2) is 4.65. The summed E-state index contributed by atoms with van der Waals surface area (Å²) in [5.41, 5.74) is -1.51. The van der Waals surface area contributed by atoms with Crippen LogP contribution in [0.5, 0.6) is 0 Å². The Morgan fingerprint density at radius 3 is 2.91 bits per heavy atom. The van der Waals surface area contributed by atoms with Crippen molar-refractivity contribution in [2.24, 2.45) is 11.8 Å². The Bertz CT molecular complexity index is 733. The Labute approximate surface area is 134 Å². The van der Waals surface area contributed by atoms with Gasteiger partial charge in [-0.3, -0.25) is 4.79 Å². The highest BCUT2D eigenvalue weighted by Crippen LogP contribution is 2.52. The molecule has 1 aromatic rings. The predicted octanol–water partition coefficient (Wildman–Crippen LogP) is 0.637. The molecular weight excluding hydrogens is 324 g/mol. The third kappa shape index (κ3) is 1.88. The number of aliphatic hydroxyl groups is 1. The molecule has 23 heavy (non-hydrogen) atoms. The molecule has 1 saturated carbocycles. The lowest BCUT2D eigenvalue weighted by molar-refractivity contribution is -0.162. The van der Waals surface area contributed by atoms with Crippen LogP contribution in [0, 0.1) is 11.8 Å². The van der Waals surface area contributed by atoms with Gasteiger partial charge in [-0.05, 0) is 18.4 Å². The van der Waals surface area contributed by atoms with Gasteiger partial charge in [0, 0.05) is 0 Å². The number of hydrogen-bond acceptors (Lipinski definition) is 8. The predicted molar refractivity (Wildman–Crippen MR) is 75.2 cm³/mol. The number of esters is 3. The summed E-state index contributed by atoms with van der Waals surface area (Å²) >= 11 is 1.19. The van der Waals surface area contributed by atoms with E-state index in [2.05, 4.69) is 0 Å². The summed E-state index contributed by atoms with van der Waals surface area (Å²) < 4.78 is 15.5. The second-order valence-corrected chi connectivity index (χ2v) is 6.86. The first-order chi connectivity index (χ1) is 10.9. The SMILES string of the molecule is C[C@]1(O)[C@@H](OC(=O)c2cccs2)[C@H]2OC(=O)C3=COC(=O)[C@H]1[C@@H]32. The van der Waals surface area contributed by atoms with Gasteiger partial charge >= 0.3 is 17.9 Å². The van der Waals surface area contributed by atoms with Crippen LogP contribution in [0.2, 0.25) is 0 Å². The topological polar surface area (TPSA) is 99.1 Å². The lowest BCUT2D eigenvalue weighted by atomic mass is 9.82. The highest BCUT2D eigenvalue weighted by molar-refractivity contribution is 7.11. The normalized spacial score (nSPS) is 37.7. The number of carbonyl (C=O) groups is 3. The fourth-order valence-corrected chi connectivity index (χ4v) is 4.14. The minimum Gasteiger partial charge on any atom is -0.454 e. The Balaban J connectivity index is 1.70. The van der Waals surface area contributed by atoms with E-state index >= 15 is 0 Å². The zero-order valence-corrected chi connectivity index (χ0v) is 12.7. The zero-order chi connectivity index (χ0) is 16.4. The van der Waals surface area contributed by atoms with E-state index in [1.807, 2.05) is 0 Å². The van der Waals surface area contributed by atoms with Crippen molar-refractivity contribution in [2.45, 2.75) is 24.7 Å². The van der Waals surface area contributed by atoms with Gasteiger partial charge in [0.1, 0.15) is 28.8 Å². The van der Waals surface area contributed by atoms with Crippen LogP contribution >= 0.6 is 11.3 Å². The van der Waals surface area contributed by atoms with Crippen molar-refractivity contribution in [2.75, 3.05) is 0 Å². The first-order valence-electron chi connectivity index (χ1n) is 6.99. The van der Waals surface area contributed by atoms with Gasteiger partial charge in [-0.2, -0.15) is 0 Å². The van der Waals surface area contributed by atoms with Crippen molar-refractivity contribution in [3.05, 3.63) is 34.2 Å². The van der Waals surface area contributed by atoms with E-state index in [-0.39, 0.29) is 5.57 Å². The maximum Gasteiger partial charge on any atom is 0.348 e. The van der Waals surface area contributed by atoms with E-state index in [4.69, 9.17) is 14.2 Å². The molecule has 2 aliphatic heterocycles. The monoisotopic (exact) mass is 336 g/mol. The van der Waals surface area contributed by atoms with E-state index in [1.165, 1.54) is 18.3 Å². The molecule has 0 spiro atoms. The first kappa shape index (κ1) is 14.4. The summed E-state index contributed by atoms with van der Waals surface area (Å²) in [5, 5.41) is 12.5. The first-order valence-corrected chi connectivity index (χ1v) is 7.87. The molecule has 2 fully saturated rings. The molecule has 8 heteroatoms. The third-order valence-electron chi connectivity index (χ3n) is 4.57. The minimum atomic E-state index is -1.69. The molecule has 1 aromatic heterocycles. The molecule has 0 amide bonds. The molecule has 1 saturated heterocycles. The van der Waals surface area contributed by atoms with E-state index < -0.39 is 47.6 Å². The maximum atomic E-state index is 12.2. The van der Waals surface area contributed by atoms with Gasteiger partial charge in [0.15, 0.2) is 6.10 Å². The number of ether oxygens (including phenoxy) is 3. The van der Waals surface area contributed by atoms with Gasteiger partial charge < -0.3 is 19.3 Å². The van der Waals surface area contributed by atoms with E-state index in [9.17, 15) is 19.5 Å². The fraction of sp³-hybridized carbons (Fsp3) is 0.400. The number of hydrogen-bond donors (Lipinski definition) is 1. The third-order valence-corrected chi connectivity index (χ3v) is 5.42. The van der Waals surface area contributed by atoms with Crippen LogP contribution in [-0.2, 0) is 23.8 Å². The van der Waals surface area contributed by atoms with Crippen LogP contribution in [0.3, 0.4) is 0 Å². The van der Waals surface area contributed by atoms with E-state index in [0.717, 1.165) is 6.26 Å². The van der Waals surface area contributed by atoms with Crippen LogP contribution in [0.25, 0.3) is 0 Å². The van der Waals surface area contributed by atoms with Gasteiger partial charge in [0.05, 0.1) is 11.5 Å². The van der Waals surface area contributed by atoms with Gasteiger partial charge in [-0.15, -0.1) is 11.3 Å². The van der Waals surface area contributed by atoms with Gasteiger partial charge in [0.25, 0.3) is 0 Å². The van der Waals surface area contributed by atoms with Crippen molar-refractivity contribution in [1.82, 2.24) is 0 Å². The largest absolute Gasteiger partial charge is 0.454 e. The van der Waals surface area contributed by atoms with Gasteiger partial charge in [0.2, 0.25) is 0 Å². The zero-order valence-electron chi connectivity index (χ0n) is 11.9. The molecule has 0 radical (unpaired) electrons. The summed E-state index contributed by atoms with van der Waals surface area (Å²) in [5.74, 6) is -3.60. The average molecular weight is 336 g/mol. The molecule has 1 aliphatic carbocycles. The second-order valence-electron chi connectivity index (χ2n) is 5.91. The Hall–Kier alpha value is -2.19. The minimum absolute atomic E-state index is 0.189. The number of carbonyl (C=O) groups excluding carboxylic acids is 3. The summed E-state index contributed by atoms with van der Waals surface area (Å²) in [7, 11) is 0. The Morgan fingerprint density at radius 1 is 1.43 bits per heavy atom. The summed E-state index contributed by atoms with van der Waals surface area (Å²) in [6, 6.07) is 3.28. The van der Waals surface area contributed by atoms with E-state index in [1.54, 1.807) is 17.5 Å². The van der Waals surface area contributed by atoms with Crippen molar-refractivity contribution in [1.29, 1.82) is 0 Å². The average Bonchev–Trinajstić information content (AvgIpc) is 3.16. The quantitative estimate of drug-likeness (QED) is 0.625. The summed E-state index contributed by atoms with van der Waals surface area (Å²) in [6.45, 7) is 1.39. The van der Waals surface area contributed by atoms with Crippen molar-refractivity contribution >= 4 is 29.2 Å². The molecule has 4 rings (SSSR count). The molecular formula is C15H12O7S. The van der Waals surface area contributed by atoms with Crippen LogP contribution in [0.4, 0.5) is 0 Å². The van der Waals surface area contributed by atoms with Crippen LogP contribution in [-0.4, -0.2) is 40.8 Å². The summed E-state index contributed by atoms with van der Waals surface area (Å²) in [6.07, 6.45) is -0.983. The summed E-state index contributed by atoms with van der Waals surface area (Å²) in [4.78, 5) is 36.5. The van der Waals surface area contributed by atoms with Gasteiger partial charge in [-0.1, -0.05) is 6.07 Å². The van der Waals surface area contributed by atoms with Crippen molar-refractivity contribution < 1.29 is 33.7 Å². The highest BCUT2D eigenvalue weighted by Gasteiger charge is 2.70.